The third-order valence-electron chi connectivity index (χ3n) is 3.29. The number of hydrogen-bond donors (Lipinski definition) is 2. The van der Waals surface area contributed by atoms with Crippen molar-refractivity contribution < 1.29 is 4.79 Å². The standard InChI is InChI=1S/C14H20N2O/c1-11(12-7-3-2-4-8-12)16-14(17)13-9-5-6-10-15-13/h2-4,7-8,11,13,15H,5-6,9-10H2,1H3,(H,16,17)/t11-,13?/m0/s1. The zero-order valence-corrected chi connectivity index (χ0v) is 10.3. The lowest BCUT2D eigenvalue weighted by Gasteiger charge is -2.24. The van der Waals surface area contributed by atoms with Gasteiger partial charge < -0.3 is 10.6 Å². The first-order chi connectivity index (χ1) is 8.27. The van der Waals surface area contributed by atoms with Crippen molar-refractivity contribution in [1.82, 2.24) is 10.6 Å². The van der Waals surface area contributed by atoms with Crippen molar-refractivity contribution >= 4 is 5.91 Å². The van der Waals surface area contributed by atoms with E-state index in [0.717, 1.165) is 24.9 Å². The van der Waals surface area contributed by atoms with Crippen LogP contribution in [0.2, 0.25) is 0 Å². The molecule has 1 aromatic carbocycles. The minimum atomic E-state index is -0.00471. The van der Waals surface area contributed by atoms with Gasteiger partial charge in [-0.25, -0.2) is 0 Å². The molecule has 3 nitrogen and oxygen atoms in total. The first-order valence-corrected chi connectivity index (χ1v) is 6.36. The van der Waals surface area contributed by atoms with E-state index in [0.29, 0.717) is 0 Å². The Hall–Kier alpha value is -1.35. The normalized spacial score (nSPS) is 21.8. The van der Waals surface area contributed by atoms with Crippen LogP contribution in [0, 0.1) is 0 Å². The molecule has 0 saturated carbocycles. The molecule has 1 heterocycles. The maximum atomic E-state index is 12.0. The van der Waals surface area contributed by atoms with Crippen LogP contribution in [-0.2, 0) is 4.79 Å². The maximum absolute atomic E-state index is 12.0. The Balaban J connectivity index is 1.89. The van der Waals surface area contributed by atoms with E-state index in [1.807, 2.05) is 37.3 Å². The number of carbonyl (C=O) groups is 1. The second-order valence-electron chi connectivity index (χ2n) is 4.64. The second-order valence-corrected chi connectivity index (χ2v) is 4.64. The van der Waals surface area contributed by atoms with Crippen LogP contribution in [0.15, 0.2) is 30.3 Å². The summed E-state index contributed by atoms with van der Waals surface area (Å²) < 4.78 is 0. The summed E-state index contributed by atoms with van der Waals surface area (Å²) in [6.07, 6.45) is 3.27. The van der Waals surface area contributed by atoms with E-state index in [1.165, 1.54) is 6.42 Å². The molecule has 17 heavy (non-hydrogen) atoms. The lowest BCUT2D eigenvalue weighted by Crippen LogP contribution is -2.47. The van der Waals surface area contributed by atoms with Gasteiger partial charge in [-0.3, -0.25) is 4.79 Å². The van der Waals surface area contributed by atoms with Gasteiger partial charge in [0.2, 0.25) is 5.91 Å². The first-order valence-electron chi connectivity index (χ1n) is 6.36. The van der Waals surface area contributed by atoms with Gasteiger partial charge in [0.25, 0.3) is 0 Å². The lowest BCUT2D eigenvalue weighted by molar-refractivity contribution is -0.124. The Kier molecular flexibility index (Phi) is 4.15. The van der Waals surface area contributed by atoms with Crippen molar-refractivity contribution in [3.63, 3.8) is 0 Å². The molecular formula is C14H20N2O. The van der Waals surface area contributed by atoms with E-state index in [9.17, 15) is 4.79 Å². The minimum Gasteiger partial charge on any atom is -0.348 e. The average molecular weight is 232 g/mol. The molecule has 0 aromatic heterocycles. The molecule has 1 fully saturated rings. The molecule has 0 bridgehead atoms. The summed E-state index contributed by atoms with van der Waals surface area (Å²) in [5.41, 5.74) is 1.15. The van der Waals surface area contributed by atoms with Crippen molar-refractivity contribution in [3.8, 4) is 0 Å². The Labute approximate surface area is 103 Å². The van der Waals surface area contributed by atoms with Gasteiger partial charge in [-0.1, -0.05) is 36.8 Å². The molecule has 1 saturated heterocycles. The summed E-state index contributed by atoms with van der Waals surface area (Å²) in [5, 5.41) is 6.33. The number of nitrogens with one attached hydrogen (secondary N) is 2. The van der Waals surface area contributed by atoms with E-state index in [1.54, 1.807) is 0 Å². The first kappa shape index (κ1) is 12.1. The van der Waals surface area contributed by atoms with E-state index >= 15 is 0 Å². The maximum Gasteiger partial charge on any atom is 0.237 e. The summed E-state index contributed by atoms with van der Waals surface area (Å²) in [5.74, 6) is 0.126. The Bertz CT molecular complexity index is 358. The van der Waals surface area contributed by atoms with E-state index in [2.05, 4.69) is 10.6 Å². The fourth-order valence-electron chi connectivity index (χ4n) is 2.21. The number of rotatable bonds is 3. The molecule has 0 aliphatic carbocycles. The number of carbonyl (C=O) groups excluding carboxylic acids is 1. The topological polar surface area (TPSA) is 41.1 Å². The van der Waals surface area contributed by atoms with Crippen LogP contribution in [0.1, 0.15) is 37.8 Å². The molecule has 1 unspecified atom stereocenters. The average Bonchev–Trinajstić information content (AvgIpc) is 2.40. The second kappa shape index (κ2) is 5.82. The molecule has 2 N–H and O–H groups in total. The zero-order chi connectivity index (χ0) is 12.1. The molecule has 0 radical (unpaired) electrons. The summed E-state index contributed by atoms with van der Waals surface area (Å²) in [7, 11) is 0. The minimum absolute atomic E-state index is 0.00471. The van der Waals surface area contributed by atoms with Crippen LogP contribution in [0.3, 0.4) is 0 Å². The molecule has 1 aromatic rings. The number of piperidine rings is 1. The molecule has 1 aliphatic rings. The largest absolute Gasteiger partial charge is 0.348 e. The SMILES string of the molecule is C[C@H](NC(=O)C1CCCCN1)c1ccccc1. The highest BCUT2D eigenvalue weighted by atomic mass is 16.2. The molecule has 1 aliphatic heterocycles. The van der Waals surface area contributed by atoms with E-state index in [4.69, 9.17) is 0 Å². The van der Waals surface area contributed by atoms with Crippen LogP contribution in [0.5, 0.6) is 0 Å². The van der Waals surface area contributed by atoms with Gasteiger partial charge in [0.1, 0.15) is 0 Å². The predicted octanol–water partition coefficient (Wildman–Crippen LogP) is 2.01. The number of benzene rings is 1. The number of hydrogen-bond acceptors (Lipinski definition) is 2. The quantitative estimate of drug-likeness (QED) is 0.837. The van der Waals surface area contributed by atoms with Crippen molar-refractivity contribution in [2.75, 3.05) is 6.54 Å². The summed E-state index contributed by atoms with van der Waals surface area (Å²) >= 11 is 0. The summed E-state index contributed by atoms with van der Waals surface area (Å²) in [6, 6.07) is 10.1. The smallest absolute Gasteiger partial charge is 0.237 e. The van der Waals surface area contributed by atoms with Gasteiger partial charge in [0.15, 0.2) is 0 Å². The van der Waals surface area contributed by atoms with Crippen molar-refractivity contribution in [1.29, 1.82) is 0 Å². The van der Waals surface area contributed by atoms with Gasteiger partial charge in [-0.15, -0.1) is 0 Å². The molecular weight excluding hydrogens is 212 g/mol. The highest BCUT2D eigenvalue weighted by molar-refractivity contribution is 5.82. The fourth-order valence-corrected chi connectivity index (χ4v) is 2.21. The highest BCUT2D eigenvalue weighted by Crippen LogP contribution is 2.13. The molecule has 1 amide bonds. The molecule has 2 atom stereocenters. The van der Waals surface area contributed by atoms with Crippen LogP contribution >= 0.6 is 0 Å². The third kappa shape index (κ3) is 3.30. The van der Waals surface area contributed by atoms with Gasteiger partial charge >= 0.3 is 0 Å². The van der Waals surface area contributed by atoms with Crippen LogP contribution < -0.4 is 10.6 Å². The third-order valence-corrected chi connectivity index (χ3v) is 3.29. The molecule has 2 rings (SSSR count). The monoisotopic (exact) mass is 232 g/mol. The van der Waals surface area contributed by atoms with Gasteiger partial charge in [-0.05, 0) is 31.9 Å². The van der Waals surface area contributed by atoms with Gasteiger partial charge in [0, 0.05) is 0 Å². The number of amides is 1. The molecule has 3 heteroatoms. The summed E-state index contributed by atoms with van der Waals surface area (Å²) in [6.45, 7) is 2.98. The van der Waals surface area contributed by atoms with Gasteiger partial charge in [-0.2, -0.15) is 0 Å². The van der Waals surface area contributed by atoms with E-state index < -0.39 is 0 Å². The van der Waals surface area contributed by atoms with Crippen LogP contribution in [0.4, 0.5) is 0 Å². The van der Waals surface area contributed by atoms with Crippen molar-refractivity contribution in [3.05, 3.63) is 35.9 Å². The van der Waals surface area contributed by atoms with Gasteiger partial charge in [0.05, 0.1) is 12.1 Å². The zero-order valence-electron chi connectivity index (χ0n) is 10.3. The Morgan fingerprint density at radius 2 is 2.12 bits per heavy atom. The summed E-state index contributed by atoms with van der Waals surface area (Å²) in [4.78, 5) is 12.0. The molecule has 0 spiro atoms. The van der Waals surface area contributed by atoms with E-state index in [-0.39, 0.29) is 18.0 Å². The highest BCUT2D eigenvalue weighted by Gasteiger charge is 2.21. The Morgan fingerprint density at radius 3 is 2.76 bits per heavy atom. The molecule has 92 valence electrons. The fraction of sp³-hybridized carbons (Fsp3) is 0.500. The lowest BCUT2D eigenvalue weighted by atomic mass is 10.0. The van der Waals surface area contributed by atoms with Crippen LogP contribution in [-0.4, -0.2) is 18.5 Å². The van der Waals surface area contributed by atoms with Crippen molar-refractivity contribution in [2.45, 2.75) is 38.3 Å². The van der Waals surface area contributed by atoms with Crippen molar-refractivity contribution in [2.24, 2.45) is 0 Å². The Morgan fingerprint density at radius 1 is 1.35 bits per heavy atom. The predicted molar refractivity (Wildman–Crippen MR) is 68.6 cm³/mol. The van der Waals surface area contributed by atoms with Crippen LogP contribution in [0.25, 0.3) is 0 Å².